The first kappa shape index (κ1) is 22.2. The van der Waals surface area contributed by atoms with Crippen molar-refractivity contribution in [2.24, 2.45) is 17.6 Å². The van der Waals surface area contributed by atoms with Gasteiger partial charge in [0.25, 0.3) is 0 Å². The molecule has 0 spiro atoms. The number of rotatable bonds is 7. The van der Waals surface area contributed by atoms with Gasteiger partial charge in [0, 0.05) is 38.5 Å². The summed E-state index contributed by atoms with van der Waals surface area (Å²) in [6.45, 7) is 6.35. The number of nitrogens with zero attached hydrogens (tertiary/aromatic N) is 2. The van der Waals surface area contributed by atoms with E-state index in [-0.39, 0.29) is 24.2 Å². The molecule has 2 N–H and O–H groups in total. The van der Waals surface area contributed by atoms with E-state index in [1.807, 2.05) is 4.90 Å². The van der Waals surface area contributed by atoms with Gasteiger partial charge in [0.05, 0.1) is 0 Å². The van der Waals surface area contributed by atoms with Crippen LogP contribution in [0.5, 0.6) is 0 Å². The molecule has 2 aliphatic heterocycles. The summed E-state index contributed by atoms with van der Waals surface area (Å²) in [6.07, 6.45) is 8.81. The van der Waals surface area contributed by atoms with E-state index in [0.717, 1.165) is 90.0 Å². The lowest BCUT2D eigenvalue weighted by Crippen LogP contribution is -2.46. The van der Waals surface area contributed by atoms with Crippen molar-refractivity contribution in [3.63, 3.8) is 0 Å². The van der Waals surface area contributed by atoms with Gasteiger partial charge in [-0.25, -0.2) is 0 Å². The summed E-state index contributed by atoms with van der Waals surface area (Å²) in [7, 11) is 0. The number of unbranched alkanes of at least 4 members (excludes halogenated alkanes) is 3. The number of hydrogen-bond donors (Lipinski definition) is 1. The van der Waals surface area contributed by atoms with Crippen LogP contribution in [0, 0.1) is 11.8 Å². The van der Waals surface area contributed by atoms with Gasteiger partial charge < -0.3 is 15.5 Å². The summed E-state index contributed by atoms with van der Waals surface area (Å²) in [6, 6.07) is 0. The van der Waals surface area contributed by atoms with Crippen LogP contribution in [-0.4, -0.2) is 54.3 Å². The Morgan fingerprint density at radius 1 is 0.880 bits per heavy atom. The van der Waals surface area contributed by atoms with E-state index in [9.17, 15) is 9.59 Å². The SMILES string of the molecule is CC1CCN(C(=O)C2CCN(C(=O)CCCCCCN)CC2)CC1.Cl. The topological polar surface area (TPSA) is 66.6 Å². The number of piperidine rings is 2. The standard InChI is InChI=1S/C19H35N3O2.ClH/c1-16-7-12-22(13-8-16)19(24)17-9-14-21(15-10-17)18(23)6-4-2-3-5-11-20;/h16-17H,2-15,20H2,1H3;1H. The molecule has 0 aromatic heterocycles. The smallest absolute Gasteiger partial charge is 0.225 e. The molecule has 5 nitrogen and oxygen atoms in total. The van der Waals surface area contributed by atoms with Crippen molar-refractivity contribution in [1.29, 1.82) is 0 Å². The molecule has 2 aliphatic rings. The minimum atomic E-state index is 0. The van der Waals surface area contributed by atoms with E-state index in [1.165, 1.54) is 0 Å². The Morgan fingerprint density at radius 2 is 1.44 bits per heavy atom. The quantitative estimate of drug-likeness (QED) is 0.698. The molecule has 2 rings (SSSR count). The Labute approximate surface area is 159 Å². The number of likely N-dealkylation sites (tertiary alicyclic amines) is 2. The van der Waals surface area contributed by atoms with Gasteiger partial charge in [-0.05, 0) is 51.0 Å². The second-order valence-corrected chi connectivity index (χ2v) is 7.62. The molecule has 0 saturated carbocycles. The van der Waals surface area contributed by atoms with E-state index in [4.69, 9.17) is 5.73 Å². The molecule has 2 fully saturated rings. The zero-order valence-electron chi connectivity index (χ0n) is 15.8. The fourth-order valence-electron chi connectivity index (χ4n) is 3.80. The maximum Gasteiger partial charge on any atom is 0.225 e. The third-order valence-corrected chi connectivity index (χ3v) is 5.64. The van der Waals surface area contributed by atoms with Gasteiger partial charge in [0.15, 0.2) is 0 Å². The molecule has 0 aromatic rings. The molecule has 2 saturated heterocycles. The number of amides is 2. The van der Waals surface area contributed by atoms with Gasteiger partial charge in [0.2, 0.25) is 11.8 Å². The molecule has 25 heavy (non-hydrogen) atoms. The third-order valence-electron chi connectivity index (χ3n) is 5.64. The van der Waals surface area contributed by atoms with Crippen molar-refractivity contribution in [3.8, 4) is 0 Å². The molecule has 0 aromatic carbocycles. The van der Waals surface area contributed by atoms with Crippen LogP contribution in [0.25, 0.3) is 0 Å². The lowest BCUT2D eigenvalue weighted by Gasteiger charge is -2.36. The van der Waals surface area contributed by atoms with E-state index in [0.29, 0.717) is 12.3 Å². The molecule has 0 atom stereocenters. The van der Waals surface area contributed by atoms with Crippen molar-refractivity contribution in [3.05, 3.63) is 0 Å². The largest absolute Gasteiger partial charge is 0.343 e. The predicted octanol–water partition coefficient (Wildman–Crippen LogP) is 2.81. The van der Waals surface area contributed by atoms with Crippen molar-refractivity contribution in [2.75, 3.05) is 32.7 Å². The van der Waals surface area contributed by atoms with Crippen molar-refractivity contribution >= 4 is 24.2 Å². The highest BCUT2D eigenvalue weighted by molar-refractivity contribution is 5.85. The second kappa shape index (κ2) is 11.7. The van der Waals surface area contributed by atoms with Gasteiger partial charge in [-0.2, -0.15) is 0 Å². The maximum atomic E-state index is 12.6. The van der Waals surface area contributed by atoms with Gasteiger partial charge in [-0.3, -0.25) is 9.59 Å². The lowest BCUT2D eigenvalue weighted by atomic mass is 9.92. The summed E-state index contributed by atoms with van der Waals surface area (Å²) in [5, 5.41) is 0. The summed E-state index contributed by atoms with van der Waals surface area (Å²) in [5.74, 6) is 1.47. The summed E-state index contributed by atoms with van der Waals surface area (Å²) in [5.41, 5.74) is 5.48. The van der Waals surface area contributed by atoms with Gasteiger partial charge >= 0.3 is 0 Å². The highest BCUT2D eigenvalue weighted by Gasteiger charge is 2.31. The van der Waals surface area contributed by atoms with Crippen molar-refractivity contribution in [2.45, 2.75) is 64.7 Å². The zero-order valence-corrected chi connectivity index (χ0v) is 16.6. The normalized spacial score (nSPS) is 19.6. The summed E-state index contributed by atoms with van der Waals surface area (Å²) < 4.78 is 0. The maximum absolute atomic E-state index is 12.6. The molecule has 0 radical (unpaired) electrons. The van der Waals surface area contributed by atoms with Crippen molar-refractivity contribution < 1.29 is 9.59 Å². The Morgan fingerprint density at radius 3 is 2.04 bits per heavy atom. The Bertz CT molecular complexity index is 403. The van der Waals surface area contributed by atoms with Crippen LogP contribution in [0.15, 0.2) is 0 Å². The Balaban J connectivity index is 0.00000312. The van der Waals surface area contributed by atoms with Crippen LogP contribution in [0.1, 0.15) is 64.7 Å². The highest BCUT2D eigenvalue weighted by Crippen LogP contribution is 2.24. The van der Waals surface area contributed by atoms with Crippen LogP contribution in [0.3, 0.4) is 0 Å². The zero-order chi connectivity index (χ0) is 17.4. The number of nitrogens with two attached hydrogens (primary N) is 1. The average Bonchev–Trinajstić information content (AvgIpc) is 2.61. The molecule has 0 aliphatic carbocycles. The fraction of sp³-hybridized carbons (Fsp3) is 0.895. The highest BCUT2D eigenvalue weighted by atomic mass is 35.5. The average molecular weight is 374 g/mol. The first-order valence-electron chi connectivity index (χ1n) is 9.88. The van der Waals surface area contributed by atoms with E-state index >= 15 is 0 Å². The number of halogens is 1. The van der Waals surface area contributed by atoms with Gasteiger partial charge in [0.1, 0.15) is 0 Å². The Hall–Kier alpha value is -0.810. The lowest BCUT2D eigenvalue weighted by molar-refractivity contribution is -0.141. The number of carbonyl (C=O) groups excluding carboxylic acids is 2. The predicted molar refractivity (Wildman–Crippen MR) is 104 cm³/mol. The molecule has 6 heteroatoms. The van der Waals surface area contributed by atoms with E-state index < -0.39 is 0 Å². The second-order valence-electron chi connectivity index (χ2n) is 7.62. The van der Waals surface area contributed by atoms with Crippen LogP contribution >= 0.6 is 12.4 Å². The minimum Gasteiger partial charge on any atom is -0.343 e. The third kappa shape index (κ3) is 7.14. The van der Waals surface area contributed by atoms with Crippen LogP contribution in [0.4, 0.5) is 0 Å². The monoisotopic (exact) mass is 373 g/mol. The summed E-state index contributed by atoms with van der Waals surface area (Å²) >= 11 is 0. The van der Waals surface area contributed by atoms with Crippen LogP contribution < -0.4 is 5.73 Å². The fourth-order valence-corrected chi connectivity index (χ4v) is 3.80. The number of carbonyl (C=O) groups is 2. The first-order chi connectivity index (χ1) is 11.6. The molecular formula is C19H36ClN3O2. The molecule has 0 bridgehead atoms. The van der Waals surface area contributed by atoms with E-state index in [2.05, 4.69) is 11.8 Å². The van der Waals surface area contributed by atoms with Gasteiger partial charge in [-0.1, -0.05) is 19.8 Å². The molecule has 2 amide bonds. The molecular weight excluding hydrogens is 338 g/mol. The first-order valence-corrected chi connectivity index (χ1v) is 9.88. The molecule has 0 unspecified atom stereocenters. The van der Waals surface area contributed by atoms with Crippen molar-refractivity contribution in [1.82, 2.24) is 9.80 Å². The van der Waals surface area contributed by atoms with Crippen LogP contribution in [0.2, 0.25) is 0 Å². The van der Waals surface area contributed by atoms with E-state index in [1.54, 1.807) is 0 Å². The Kier molecular flexibility index (Phi) is 10.4. The molecule has 2 heterocycles. The minimum absolute atomic E-state index is 0. The molecule has 146 valence electrons. The number of hydrogen-bond acceptors (Lipinski definition) is 3. The van der Waals surface area contributed by atoms with Gasteiger partial charge in [-0.15, -0.1) is 12.4 Å². The van der Waals surface area contributed by atoms with Crippen LogP contribution in [-0.2, 0) is 9.59 Å². The summed E-state index contributed by atoms with van der Waals surface area (Å²) in [4.78, 5) is 28.9.